The molecule has 1 atom stereocenters. The second kappa shape index (κ2) is 10.1. The molecule has 0 aliphatic carbocycles. The van der Waals surface area contributed by atoms with E-state index in [0.29, 0.717) is 36.2 Å². The maximum atomic E-state index is 13.4. The number of halogens is 1. The highest BCUT2D eigenvalue weighted by Gasteiger charge is 2.34. The van der Waals surface area contributed by atoms with Gasteiger partial charge in [0.1, 0.15) is 11.7 Å². The summed E-state index contributed by atoms with van der Waals surface area (Å²) in [6.07, 6.45) is 2.86. The summed E-state index contributed by atoms with van der Waals surface area (Å²) >= 11 is 0. The number of carbonyl (C=O) groups is 2. The van der Waals surface area contributed by atoms with Crippen molar-refractivity contribution in [3.63, 3.8) is 0 Å². The third kappa shape index (κ3) is 5.50. The van der Waals surface area contributed by atoms with Crippen LogP contribution in [0.3, 0.4) is 0 Å². The molecule has 2 aromatic heterocycles. The summed E-state index contributed by atoms with van der Waals surface area (Å²) < 4.78 is 18.4. The predicted molar refractivity (Wildman–Crippen MR) is 133 cm³/mol. The molecule has 4 heterocycles. The number of aromatic nitrogens is 2. The summed E-state index contributed by atoms with van der Waals surface area (Å²) in [5.74, 6) is 4.51. The largest absolute Gasteiger partial charge is 0.373 e. The minimum atomic E-state index is -1.12. The first-order valence-electron chi connectivity index (χ1n) is 11.9. The van der Waals surface area contributed by atoms with Crippen LogP contribution in [0.4, 0.5) is 10.1 Å². The number of amides is 2. The number of hydrogen-bond acceptors (Lipinski definition) is 6. The predicted octanol–water partition coefficient (Wildman–Crippen LogP) is 2.03. The molecular weight excluding hydrogens is 475 g/mol. The third-order valence-electron chi connectivity index (χ3n) is 6.42. The number of anilines is 1. The SMILES string of the molecule is CN1C(=O)C(NC(=O)c2cc(Cc3cccc(F)n3)ccn2)CCc2ccc(C#CC3(O)COC3)cc21. The molecule has 188 valence electrons. The monoisotopic (exact) mass is 500 g/mol. The normalized spacial score (nSPS) is 18.1. The fourth-order valence-corrected chi connectivity index (χ4v) is 4.33. The molecule has 2 N–H and O–H groups in total. The van der Waals surface area contributed by atoms with Crippen molar-refractivity contribution in [1.82, 2.24) is 15.3 Å². The van der Waals surface area contributed by atoms with Gasteiger partial charge in [0.05, 0.1) is 13.2 Å². The van der Waals surface area contributed by atoms with Crippen molar-refractivity contribution in [1.29, 1.82) is 0 Å². The van der Waals surface area contributed by atoms with Crippen molar-refractivity contribution in [2.75, 3.05) is 25.2 Å². The van der Waals surface area contributed by atoms with E-state index < -0.39 is 23.5 Å². The maximum absolute atomic E-state index is 13.4. The van der Waals surface area contributed by atoms with E-state index in [1.807, 2.05) is 18.2 Å². The fraction of sp³-hybridized carbons (Fsp3) is 0.286. The zero-order chi connectivity index (χ0) is 26.0. The summed E-state index contributed by atoms with van der Waals surface area (Å²) in [7, 11) is 1.67. The molecule has 0 spiro atoms. The number of ether oxygens (including phenoxy) is 1. The summed E-state index contributed by atoms with van der Waals surface area (Å²) in [4.78, 5) is 35.8. The molecule has 0 bridgehead atoms. The molecule has 1 fully saturated rings. The standard InChI is InChI=1S/C28H25FN4O4/c1-33-24-15-18(9-11-28(36)16-37-17-28)5-6-20(24)7-8-22(27(33)35)32-26(34)23-14-19(10-12-30-23)13-21-3-2-4-25(29)31-21/h2-6,10,12,14-15,22,36H,7-8,13,16-17H2,1H3,(H,32,34). The van der Waals surface area contributed by atoms with Crippen LogP contribution in [0.2, 0.25) is 0 Å². The second-order valence-corrected chi connectivity index (χ2v) is 9.26. The smallest absolute Gasteiger partial charge is 0.270 e. The van der Waals surface area contributed by atoms with Gasteiger partial charge < -0.3 is 20.1 Å². The van der Waals surface area contributed by atoms with Crippen LogP contribution in [0.5, 0.6) is 0 Å². The first kappa shape index (κ1) is 24.6. The van der Waals surface area contributed by atoms with Crippen LogP contribution in [-0.4, -0.2) is 58.8 Å². The van der Waals surface area contributed by atoms with Crippen LogP contribution in [-0.2, 0) is 22.4 Å². The molecule has 5 rings (SSSR count). The Morgan fingerprint density at radius 1 is 1.27 bits per heavy atom. The first-order valence-corrected chi connectivity index (χ1v) is 11.9. The number of rotatable bonds is 4. The molecule has 3 aromatic rings. The van der Waals surface area contributed by atoms with Crippen molar-refractivity contribution in [2.24, 2.45) is 0 Å². The summed E-state index contributed by atoms with van der Waals surface area (Å²) in [6, 6.07) is 12.8. The summed E-state index contributed by atoms with van der Waals surface area (Å²) in [6.45, 7) is 0.369. The van der Waals surface area contributed by atoms with Crippen LogP contribution in [0.15, 0.2) is 54.7 Å². The zero-order valence-corrected chi connectivity index (χ0v) is 20.2. The van der Waals surface area contributed by atoms with Crippen LogP contribution < -0.4 is 10.2 Å². The van der Waals surface area contributed by atoms with E-state index in [1.54, 1.807) is 31.3 Å². The van der Waals surface area contributed by atoms with Crippen molar-refractivity contribution < 1.29 is 23.8 Å². The first-order chi connectivity index (χ1) is 17.8. The van der Waals surface area contributed by atoms with Gasteiger partial charge in [-0.3, -0.25) is 14.6 Å². The average Bonchev–Trinajstić information content (AvgIpc) is 2.98. The minimum absolute atomic E-state index is 0.168. The highest BCUT2D eigenvalue weighted by atomic mass is 19.1. The Hall–Kier alpha value is -4.13. The number of pyridine rings is 2. The average molecular weight is 501 g/mol. The van der Waals surface area contributed by atoms with Gasteiger partial charge in [0.25, 0.3) is 5.91 Å². The number of likely N-dealkylation sites (N-methyl/N-ethyl adjacent to an activating group) is 1. The number of hydrogen-bond donors (Lipinski definition) is 2. The molecule has 8 nitrogen and oxygen atoms in total. The Balaban J connectivity index is 1.29. The van der Waals surface area contributed by atoms with Gasteiger partial charge >= 0.3 is 0 Å². The van der Waals surface area contributed by atoms with Crippen molar-refractivity contribution >= 4 is 17.5 Å². The Kier molecular flexibility index (Phi) is 6.70. The van der Waals surface area contributed by atoms with Gasteiger partial charge in [-0.1, -0.05) is 24.0 Å². The Morgan fingerprint density at radius 3 is 2.86 bits per heavy atom. The van der Waals surface area contributed by atoms with Gasteiger partial charge in [0, 0.05) is 36.6 Å². The Morgan fingerprint density at radius 2 is 2.11 bits per heavy atom. The molecule has 2 aliphatic heterocycles. The van der Waals surface area contributed by atoms with E-state index in [2.05, 4.69) is 27.1 Å². The van der Waals surface area contributed by atoms with Gasteiger partial charge in [-0.2, -0.15) is 4.39 Å². The van der Waals surface area contributed by atoms with E-state index in [0.717, 1.165) is 11.1 Å². The van der Waals surface area contributed by atoms with Gasteiger partial charge in [0.15, 0.2) is 5.60 Å². The minimum Gasteiger partial charge on any atom is -0.373 e. The fourth-order valence-electron chi connectivity index (χ4n) is 4.33. The molecule has 0 saturated carbocycles. The van der Waals surface area contributed by atoms with Crippen LogP contribution >= 0.6 is 0 Å². The van der Waals surface area contributed by atoms with E-state index in [1.165, 1.54) is 17.2 Å². The second-order valence-electron chi connectivity index (χ2n) is 9.26. The van der Waals surface area contributed by atoms with Crippen LogP contribution in [0, 0.1) is 17.8 Å². The topological polar surface area (TPSA) is 105 Å². The number of benzene rings is 1. The highest BCUT2D eigenvalue weighted by Crippen LogP contribution is 2.27. The molecule has 2 aliphatic rings. The van der Waals surface area contributed by atoms with Gasteiger partial charge in [0.2, 0.25) is 11.9 Å². The van der Waals surface area contributed by atoms with Crippen molar-refractivity contribution in [3.8, 4) is 11.8 Å². The molecule has 9 heteroatoms. The molecule has 1 unspecified atom stereocenters. The highest BCUT2D eigenvalue weighted by molar-refractivity contribution is 6.02. The van der Waals surface area contributed by atoms with E-state index in [9.17, 15) is 19.1 Å². The molecular formula is C28H25FN4O4. The van der Waals surface area contributed by atoms with Crippen LogP contribution in [0.1, 0.15) is 39.3 Å². The number of fused-ring (bicyclic) bond motifs is 1. The van der Waals surface area contributed by atoms with E-state index in [-0.39, 0.29) is 24.8 Å². The molecule has 1 aromatic carbocycles. The number of nitrogens with zero attached hydrogens (tertiary/aromatic N) is 3. The lowest BCUT2D eigenvalue weighted by atomic mass is 10.0. The summed E-state index contributed by atoms with van der Waals surface area (Å²) in [5.41, 5.74) is 2.69. The maximum Gasteiger partial charge on any atom is 0.270 e. The van der Waals surface area contributed by atoms with E-state index >= 15 is 0 Å². The van der Waals surface area contributed by atoms with E-state index in [4.69, 9.17) is 4.74 Å². The molecule has 0 radical (unpaired) electrons. The summed E-state index contributed by atoms with van der Waals surface area (Å²) in [5, 5.41) is 13.0. The zero-order valence-electron chi connectivity index (χ0n) is 20.2. The van der Waals surface area contributed by atoms with Crippen LogP contribution in [0.25, 0.3) is 0 Å². The number of aliphatic hydroxyl groups is 1. The number of nitrogens with one attached hydrogen (secondary N) is 1. The Labute approximate surface area is 213 Å². The van der Waals surface area contributed by atoms with Gasteiger partial charge in [-0.05, 0) is 60.4 Å². The third-order valence-corrected chi connectivity index (χ3v) is 6.42. The lowest BCUT2D eigenvalue weighted by Gasteiger charge is -2.30. The molecule has 2 amide bonds. The van der Waals surface area contributed by atoms with Gasteiger partial charge in [-0.15, -0.1) is 0 Å². The quantitative estimate of drug-likeness (QED) is 0.420. The van der Waals surface area contributed by atoms with Crippen molar-refractivity contribution in [2.45, 2.75) is 30.9 Å². The van der Waals surface area contributed by atoms with Crippen molar-refractivity contribution in [3.05, 3.63) is 88.8 Å². The van der Waals surface area contributed by atoms with Gasteiger partial charge in [-0.25, -0.2) is 4.98 Å². The Bertz CT molecular complexity index is 1430. The molecule has 1 saturated heterocycles. The number of carbonyl (C=O) groups excluding carboxylic acids is 2. The molecule has 37 heavy (non-hydrogen) atoms. The number of aryl methyl sites for hydroxylation is 1. The lowest BCUT2D eigenvalue weighted by molar-refractivity contribution is -0.140. The lowest BCUT2D eigenvalue weighted by Crippen LogP contribution is -2.48.